The monoisotopic (exact) mass is 256 g/mol. The van der Waals surface area contributed by atoms with Gasteiger partial charge in [-0.3, -0.25) is 4.79 Å². The third-order valence-electron chi connectivity index (χ3n) is 2.83. The number of anilines is 1. The van der Waals surface area contributed by atoms with E-state index in [0.29, 0.717) is 17.0 Å². The number of primary amides is 1. The van der Waals surface area contributed by atoms with Crippen LogP contribution in [-0.4, -0.2) is 5.91 Å². The first-order chi connectivity index (χ1) is 9.10. The lowest BCUT2D eigenvalue weighted by Crippen LogP contribution is -2.11. The first kappa shape index (κ1) is 13.0. The van der Waals surface area contributed by atoms with Gasteiger partial charge in [-0.1, -0.05) is 19.1 Å². The van der Waals surface area contributed by atoms with Gasteiger partial charge in [0, 0.05) is 5.56 Å². The van der Waals surface area contributed by atoms with Gasteiger partial charge in [0.05, 0.1) is 5.69 Å². The summed E-state index contributed by atoms with van der Waals surface area (Å²) in [7, 11) is 0. The van der Waals surface area contributed by atoms with Crippen LogP contribution in [0.2, 0.25) is 0 Å². The van der Waals surface area contributed by atoms with Crippen molar-refractivity contribution in [3.05, 3.63) is 53.6 Å². The van der Waals surface area contributed by atoms with Gasteiger partial charge in [0.2, 0.25) is 5.91 Å². The van der Waals surface area contributed by atoms with E-state index in [1.807, 2.05) is 24.3 Å². The van der Waals surface area contributed by atoms with Gasteiger partial charge in [-0.25, -0.2) is 0 Å². The highest BCUT2D eigenvalue weighted by molar-refractivity contribution is 5.94. The van der Waals surface area contributed by atoms with Crippen molar-refractivity contribution >= 4 is 11.6 Å². The van der Waals surface area contributed by atoms with Crippen LogP contribution in [0.5, 0.6) is 11.5 Å². The van der Waals surface area contributed by atoms with E-state index in [1.54, 1.807) is 12.1 Å². The Balaban J connectivity index is 2.25. The number of hydrogen-bond acceptors (Lipinski definition) is 3. The van der Waals surface area contributed by atoms with Gasteiger partial charge in [0.25, 0.3) is 0 Å². The normalized spacial score (nSPS) is 10.2. The largest absolute Gasteiger partial charge is 0.455 e. The highest BCUT2D eigenvalue weighted by Crippen LogP contribution is 2.28. The fourth-order valence-electron chi connectivity index (χ4n) is 1.75. The number of carbonyl (C=O) groups is 1. The molecular formula is C15H16N2O2. The molecule has 0 fully saturated rings. The van der Waals surface area contributed by atoms with Gasteiger partial charge in [0.15, 0.2) is 0 Å². The van der Waals surface area contributed by atoms with Crippen LogP contribution < -0.4 is 16.2 Å². The molecule has 0 aliphatic rings. The summed E-state index contributed by atoms with van der Waals surface area (Å²) in [5, 5.41) is 0. The van der Waals surface area contributed by atoms with Gasteiger partial charge in [-0.05, 0) is 42.3 Å². The van der Waals surface area contributed by atoms with E-state index in [1.165, 1.54) is 11.6 Å². The Bertz CT molecular complexity index is 609. The standard InChI is InChI=1S/C15H16N2O2/c1-2-10-4-3-5-12(8-10)19-14-7-6-11(15(17)18)9-13(14)16/h3-9H,2,16H2,1H3,(H2,17,18). The molecule has 4 N–H and O–H groups in total. The summed E-state index contributed by atoms with van der Waals surface area (Å²) >= 11 is 0. The van der Waals surface area contributed by atoms with E-state index >= 15 is 0 Å². The average Bonchev–Trinajstić information content (AvgIpc) is 2.41. The summed E-state index contributed by atoms with van der Waals surface area (Å²) in [5.74, 6) is 0.724. The average molecular weight is 256 g/mol. The van der Waals surface area contributed by atoms with Crippen LogP contribution in [0.4, 0.5) is 5.69 Å². The Morgan fingerprint density at radius 3 is 2.63 bits per heavy atom. The molecule has 98 valence electrons. The van der Waals surface area contributed by atoms with E-state index in [2.05, 4.69) is 6.92 Å². The lowest BCUT2D eigenvalue weighted by molar-refractivity contribution is 0.100. The lowest BCUT2D eigenvalue weighted by Gasteiger charge is -2.10. The molecule has 0 atom stereocenters. The molecule has 0 radical (unpaired) electrons. The van der Waals surface area contributed by atoms with Crippen molar-refractivity contribution in [2.24, 2.45) is 5.73 Å². The molecule has 1 amide bonds. The molecule has 0 bridgehead atoms. The van der Waals surface area contributed by atoms with E-state index in [-0.39, 0.29) is 0 Å². The van der Waals surface area contributed by atoms with Gasteiger partial charge < -0.3 is 16.2 Å². The first-order valence-corrected chi connectivity index (χ1v) is 6.06. The maximum absolute atomic E-state index is 11.0. The smallest absolute Gasteiger partial charge is 0.248 e. The van der Waals surface area contributed by atoms with Crippen molar-refractivity contribution in [2.75, 3.05) is 5.73 Å². The molecular weight excluding hydrogens is 240 g/mol. The van der Waals surface area contributed by atoms with Crippen molar-refractivity contribution in [3.8, 4) is 11.5 Å². The highest BCUT2D eigenvalue weighted by atomic mass is 16.5. The van der Waals surface area contributed by atoms with Crippen molar-refractivity contribution < 1.29 is 9.53 Å². The molecule has 0 aromatic heterocycles. The van der Waals surface area contributed by atoms with Crippen LogP contribution in [0, 0.1) is 0 Å². The van der Waals surface area contributed by atoms with Crippen molar-refractivity contribution in [1.29, 1.82) is 0 Å². The second kappa shape index (κ2) is 5.44. The zero-order valence-corrected chi connectivity index (χ0v) is 10.7. The molecule has 0 aliphatic carbocycles. The molecule has 0 spiro atoms. The maximum Gasteiger partial charge on any atom is 0.248 e. The molecule has 0 unspecified atom stereocenters. The Morgan fingerprint density at radius 2 is 2.00 bits per heavy atom. The molecule has 0 heterocycles. The summed E-state index contributed by atoms with van der Waals surface area (Å²) < 4.78 is 5.71. The van der Waals surface area contributed by atoms with Gasteiger partial charge >= 0.3 is 0 Å². The van der Waals surface area contributed by atoms with Gasteiger partial charge in [0.1, 0.15) is 11.5 Å². The number of aryl methyl sites for hydroxylation is 1. The number of amides is 1. The van der Waals surface area contributed by atoms with Crippen LogP contribution in [0.25, 0.3) is 0 Å². The zero-order valence-electron chi connectivity index (χ0n) is 10.7. The summed E-state index contributed by atoms with van der Waals surface area (Å²) in [6, 6.07) is 12.5. The number of nitrogen functional groups attached to an aromatic ring is 1. The molecule has 0 aliphatic heterocycles. The van der Waals surface area contributed by atoms with Crippen LogP contribution >= 0.6 is 0 Å². The third kappa shape index (κ3) is 3.04. The molecule has 0 saturated heterocycles. The number of rotatable bonds is 4. The van der Waals surface area contributed by atoms with Crippen molar-refractivity contribution in [3.63, 3.8) is 0 Å². The molecule has 4 heteroatoms. The van der Waals surface area contributed by atoms with Crippen LogP contribution in [0.1, 0.15) is 22.8 Å². The molecule has 2 aromatic carbocycles. The molecule has 2 aromatic rings. The summed E-state index contributed by atoms with van der Waals surface area (Å²) in [6.07, 6.45) is 0.938. The summed E-state index contributed by atoms with van der Waals surface area (Å²) in [5.41, 5.74) is 13.0. The maximum atomic E-state index is 11.0. The number of hydrogen-bond donors (Lipinski definition) is 2. The molecule has 4 nitrogen and oxygen atoms in total. The van der Waals surface area contributed by atoms with E-state index in [4.69, 9.17) is 16.2 Å². The first-order valence-electron chi connectivity index (χ1n) is 6.06. The minimum Gasteiger partial charge on any atom is -0.455 e. The number of carbonyl (C=O) groups excluding carboxylic acids is 1. The van der Waals surface area contributed by atoms with Gasteiger partial charge in [-0.2, -0.15) is 0 Å². The van der Waals surface area contributed by atoms with E-state index < -0.39 is 5.91 Å². The van der Waals surface area contributed by atoms with Crippen molar-refractivity contribution in [2.45, 2.75) is 13.3 Å². The minimum absolute atomic E-state index is 0.368. The minimum atomic E-state index is -0.508. The fourth-order valence-corrected chi connectivity index (χ4v) is 1.75. The number of nitrogens with two attached hydrogens (primary N) is 2. The van der Waals surface area contributed by atoms with E-state index in [9.17, 15) is 4.79 Å². The Morgan fingerprint density at radius 1 is 1.21 bits per heavy atom. The Kier molecular flexibility index (Phi) is 3.71. The van der Waals surface area contributed by atoms with Crippen LogP contribution in [0.3, 0.4) is 0 Å². The topological polar surface area (TPSA) is 78.3 Å². The van der Waals surface area contributed by atoms with Gasteiger partial charge in [-0.15, -0.1) is 0 Å². The summed E-state index contributed by atoms with van der Waals surface area (Å²) in [6.45, 7) is 2.08. The zero-order chi connectivity index (χ0) is 13.8. The second-order valence-electron chi connectivity index (χ2n) is 4.22. The highest BCUT2D eigenvalue weighted by Gasteiger charge is 2.07. The molecule has 19 heavy (non-hydrogen) atoms. The number of benzene rings is 2. The second-order valence-corrected chi connectivity index (χ2v) is 4.22. The predicted octanol–water partition coefficient (Wildman–Crippen LogP) is 2.72. The predicted molar refractivity (Wildman–Crippen MR) is 75.3 cm³/mol. The Hall–Kier alpha value is -2.49. The number of ether oxygens (including phenoxy) is 1. The fraction of sp³-hybridized carbons (Fsp3) is 0.133. The Labute approximate surface area is 112 Å². The quantitative estimate of drug-likeness (QED) is 0.825. The van der Waals surface area contributed by atoms with Crippen LogP contribution in [0.15, 0.2) is 42.5 Å². The lowest BCUT2D eigenvalue weighted by atomic mass is 10.1. The summed E-state index contributed by atoms with van der Waals surface area (Å²) in [4.78, 5) is 11.0. The molecule has 2 rings (SSSR count). The SMILES string of the molecule is CCc1cccc(Oc2ccc(C(N)=O)cc2N)c1. The van der Waals surface area contributed by atoms with Crippen LogP contribution in [-0.2, 0) is 6.42 Å². The van der Waals surface area contributed by atoms with E-state index in [0.717, 1.165) is 12.2 Å². The van der Waals surface area contributed by atoms with Crippen molar-refractivity contribution in [1.82, 2.24) is 0 Å². The third-order valence-corrected chi connectivity index (χ3v) is 2.83. The molecule has 0 saturated carbocycles.